The molecule has 7 heteroatoms. The Morgan fingerprint density at radius 3 is 1.97 bits per heavy atom. The molecule has 0 amide bonds. The Morgan fingerprint density at radius 1 is 0.706 bits per heavy atom. The van der Waals surface area contributed by atoms with E-state index in [1.165, 1.54) is 12.1 Å². The predicted molar refractivity (Wildman–Crippen MR) is 128 cm³/mol. The van der Waals surface area contributed by atoms with Crippen molar-refractivity contribution in [2.24, 2.45) is 0 Å². The van der Waals surface area contributed by atoms with Crippen LogP contribution in [0.3, 0.4) is 0 Å². The van der Waals surface area contributed by atoms with E-state index in [4.69, 9.17) is 9.97 Å². The first-order chi connectivity index (χ1) is 16.5. The Morgan fingerprint density at radius 2 is 1.32 bits per heavy atom. The summed E-state index contributed by atoms with van der Waals surface area (Å²) in [6.07, 6.45) is -4.44. The number of nitrogens with zero attached hydrogens (tertiary/aromatic N) is 3. The van der Waals surface area contributed by atoms with Crippen molar-refractivity contribution in [3.63, 3.8) is 0 Å². The van der Waals surface area contributed by atoms with Gasteiger partial charge in [-0.15, -0.1) is 0 Å². The third kappa shape index (κ3) is 4.52. The van der Waals surface area contributed by atoms with E-state index < -0.39 is 11.7 Å². The molecular weight excluding hydrogens is 437 g/mol. The largest absolute Gasteiger partial charge is 0.416 e. The summed E-state index contributed by atoms with van der Waals surface area (Å²) in [7, 11) is 0. The van der Waals surface area contributed by atoms with Gasteiger partial charge in [0, 0.05) is 37.3 Å². The minimum atomic E-state index is -4.44. The summed E-state index contributed by atoms with van der Waals surface area (Å²) in [6.45, 7) is 3.09. The smallest absolute Gasteiger partial charge is 0.353 e. The number of piperazine rings is 1. The topological polar surface area (TPSA) is 41.1 Å². The summed E-state index contributed by atoms with van der Waals surface area (Å²) in [5.74, 6) is 1.22. The fourth-order valence-electron chi connectivity index (χ4n) is 4.19. The number of hydrogen-bond acceptors (Lipinski definition) is 4. The monoisotopic (exact) mass is 460 g/mol. The van der Waals surface area contributed by atoms with Crippen molar-refractivity contribution < 1.29 is 13.2 Å². The summed E-state index contributed by atoms with van der Waals surface area (Å²) in [5, 5.41) is 3.35. The van der Waals surface area contributed by atoms with Crippen LogP contribution in [0, 0.1) is 0 Å². The lowest BCUT2D eigenvalue weighted by Gasteiger charge is -2.31. The van der Waals surface area contributed by atoms with Gasteiger partial charge in [-0.1, -0.05) is 72.8 Å². The second-order valence-corrected chi connectivity index (χ2v) is 8.14. The van der Waals surface area contributed by atoms with Crippen LogP contribution in [0.4, 0.5) is 19.0 Å². The Balaban J connectivity index is 1.81. The summed E-state index contributed by atoms with van der Waals surface area (Å²) in [5.41, 5.74) is 2.60. The zero-order chi connectivity index (χ0) is 23.5. The molecule has 0 radical (unpaired) electrons. The van der Waals surface area contributed by atoms with E-state index in [1.54, 1.807) is 6.07 Å². The molecule has 0 bridgehead atoms. The van der Waals surface area contributed by atoms with E-state index in [1.807, 2.05) is 60.7 Å². The van der Waals surface area contributed by atoms with Gasteiger partial charge in [-0.05, 0) is 17.7 Å². The highest BCUT2D eigenvalue weighted by molar-refractivity contribution is 5.90. The van der Waals surface area contributed by atoms with Crippen LogP contribution in [0.2, 0.25) is 0 Å². The Bertz CT molecular complexity index is 1270. The zero-order valence-electron chi connectivity index (χ0n) is 18.4. The minimum Gasteiger partial charge on any atom is -0.353 e. The second-order valence-electron chi connectivity index (χ2n) is 8.14. The van der Waals surface area contributed by atoms with Gasteiger partial charge >= 0.3 is 6.18 Å². The van der Waals surface area contributed by atoms with E-state index in [-0.39, 0.29) is 0 Å². The third-order valence-corrected chi connectivity index (χ3v) is 5.86. The number of halogens is 3. The predicted octanol–water partition coefficient (Wildman–Crippen LogP) is 5.91. The fourth-order valence-corrected chi connectivity index (χ4v) is 4.19. The molecule has 0 spiro atoms. The van der Waals surface area contributed by atoms with Crippen molar-refractivity contribution in [1.82, 2.24) is 15.3 Å². The first-order valence-electron chi connectivity index (χ1n) is 11.2. The van der Waals surface area contributed by atoms with Crippen molar-refractivity contribution in [2.75, 3.05) is 31.1 Å². The molecular formula is C27H23F3N4. The fraction of sp³-hybridized carbons (Fsp3) is 0.185. The summed E-state index contributed by atoms with van der Waals surface area (Å²) < 4.78 is 40.7. The standard InChI is InChI=1S/C27H23F3N4/c28-27(29,30)22-13-7-12-21(18-22)24-23(19-8-3-1-4-9-19)26(34-16-14-31-15-17-34)33-25(32-24)20-10-5-2-6-11-20/h1-13,18,31H,14-17H2. The molecule has 1 aliphatic heterocycles. The lowest BCUT2D eigenvalue weighted by Crippen LogP contribution is -2.44. The molecule has 4 aromatic rings. The van der Waals surface area contributed by atoms with Crippen molar-refractivity contribution in [1.29, 1.82) is 0 Å². The van der Waals surface area contributed by atoms with Gasteiger partial charge in [0.15, 0.2) is 5.82 Å². The number of hydrogen-bond donors (Lipinski definition) is 1. The molecule has 3 aromatic carbocycles. The molecule has 0 aliphatic carbocycles. The molecule has 0 atom stereocenters. The van der Waals surface area contributed by atoms with Crippen molar-refractivity contribution in [3.05, 3.63) is 90.5 Å². The molecule has 4 nitrogen and oxygen atoms in total. The van der Waals surface area contributed by atoms with Crippen LogP contribution in [0.15, 0.2) is 84.9 Å². The van der Waals surface area contributed by atoms with E-state index in [0.717, 1.165) is 54.8 Å². The van der Waals surface area contributed by atoms with Crippen molar-refractivity contribution in [3.8, 4) is 33.8 Å². The number of alkyl halides is 3. The minimum absolute atomic E-state index is 0.407. The Hall–Kier alpha value is -3.71. The second kappa shape index (κ2) is 9.27. The van der Waals surface area contributed by atoms with Crippen LogP contribution in [0.1, 0.15) is 5.56 Å². The third-order valence-electron chi connectivity index (χ3n) is 5.86. The van der Waals surface area contributed by atoms with E-state index >= 15 is 0 Å². The van der Waals surface area contributed by atoms with Crippen LogP contribution in [-0.4, -0.2) is 36.1 Å². The number of anilines is 1. The first kappa shape index (κ1) is 22.1. The van der Waals surface area contributed by atoms with Crippen LogP contribution < -0.4 is 10.2 Å². The number of aromatic nitrogens is 2. The molecule has 172 valence electrons. The first-order valence-corrected chi connectivity index (χ1v) is 11.2. The molecule has 1 saturated heterocycles. The van der Waals surface area contributed by atoms with E-state index in [2.05, 4.69) is 10.2 Å². The van der Waals surface area contributed by atoms with Crippen molar-refractivity contribution in [2.45, 2.75) is 6.18 Å². The summed E-state index contributed by atoms with van der Waals surface area (Å²) >= 11 is 0. The normalized spacial score (nSPS) is 14.3. The molecule has 1 N–H and O–H groups in total. The maximum Gasteiger partial charge on any atom is 0.416 e. The highest BCUT2D eigenvalue weighted by atomic mass is 19.4. The molecule has 1 aliphatic rings. The maximum atomic E-state index is 13.6. The summed E-state index contributed by atoms with van der Waals surface area (Å²) in [6, 6.07) is 24.5. The van der Waals surface area contributed by atoms with Crippen molar-refractivity contribution >= 4 is 5.82 Å². The molecule has 2 heterocycles. The maximum absolute atomic E-state index is 13.6. The average molecular weight is 461 g/mol. The molecule has 5 rings (SSSR count). The Kier molecular flexibility index (Phi) is 6.02. The van der Waals surface area contributed by atoms with Crippen LogP contribution in [0.5, 0.6) is 0 Å². The molecule has 1 fully saturated rings. The quantitative estimate of drug-likeness (QED) is 0.411. The van der Waals surface area contributed by atoms with Crippen LogP contribution in [0.25, 0.3) is 33.8 Å². The number of rotatable bonds is 4. The van der Waals surface area contributed by atoms with Crippen LogP contribution in [-0.2, 0) is 6.18 Å². The molecule has 34 heavy (non-hydrogen) atoms. The zero-order valence-corrected chi connectivity index (χ0v) is 18.4. The lowest BCUT2D eigenvalue weighted by atomic mass is 9.97. The van der Waals surface area contributed by atoms with Gasteiger partial charge in [-0.3, -0.25) is 0 Å². The van der Waals surface area contributed by atoms with Gasteiger partial charge in [-0.2, -0.15) is 13.2 Å². The van der Waals surface area contributed by atoms with Gasteiger partial charge in [0.25, 0.3) is 0 Å². The van der Waals surface area contributed by atoms with Gasteiger partial charge in [0.2, 0.25) is 0 Å². The van der Waals surface area contributed by atoms with Gasteiger partial charge in [-0.25, -0.2) is 9.97 Å². The SMILES string of the molecule is FC(F)(F)c1cccc(-c2nc(-c3ccccc3)nc(N3CCNCC3)c2-c2ccccc2)c1. The van der Waals surface area contributed by atoms with Gasteiger partial charge < -0.3 is 10.2 Å². The number of benzene rings is 3. The lowest BCUT2D eigenvalue weighted by molar-refractivity contribution is -0.137. The molecule has 0 unspecified atom stereocenters. The van der Waals surface area contributed by atoms with E-state index in [0.29, 0.717) is 17.1 Å². The highest BCUT2D eigenvalue weighted by Gasteiger charge is 2.31. The molecule has 0 saturated carbocycles. The highest BCUT2D eigenvalue weighted by Crippen LogP contribution is 2.40. The van der Waals surface area contributed by atoms with Gasteiger partial charge in [0.05, 0.1) is 16.8 Å². The average Bonchev–Trinajstić information content (AvgIpc) is 2.89. The molecule has 1 aromatic heterocycles. The van der Waals surface area contributed by atoms with Crippen LogP contribution >= 0.6 is 0 Å². The number of nitrogens with one attached hydrogen (secondary N) is 1. The summed E-state index contributed by atoms with van der Waals surface area (Å²) in [4.78, 5) is 12.0. The van der Waals surface area contributed by atoms with Gasteiger partial charge in [0.1, 0.15) is 5.82 Å². The van der Waals surface area contributed by atoms with E-state index in [9.17, 15) is 13.2 Å². The Labute approximate surface area is 196 Å².